The first-order chi connectivity index (χ1) is 15.3. The van der Waals surface area contributed by atoms with Gasteiger partial charge in [0, 0.05) is 23.3 Å². The minimum Gasteiger partial charge on any atom is -0.488 e. The van der Waals surface area contributed by atoms with Crippen molar-refractivity contribution in [1.82, 2.24) is 9.97 Å². The molecule has 1 aliphatic heterocycles. The third kappa shape index (κ3) is 4.29. The van der Waals surface area contributed by atoms with Gasteiger partial charge in [0.2, 0.25) is 0 Å². The van der Waals surface area contributed by atoms with Crippen LogP contribution in [0.4, 0.5) is 5.69 Å². The van der Waals surface area contributed by atoms with Gasteiger partial charge in [0.15, 0.2) is 5.78 Å². The molecule has 0 radical (unpaired) electrons. The van der Waals surface area contributed by atoms with E-state index in [1.165, 1.54) is 22.5 Å². The highest BCUT2D eigenvalue weighted by Crippen LogP contribution is 2.35. The number of ketones is 1. The van der Waals surface area contributed by atoms with E-state index in [1.54, 1.807) is 18.5 Å². The molecule has 0 fully saturated rings. The molecule has 0 aliphatic carbocycles. The van der Waals surface area contributed by atoms with Crippen molar-refractivity contribution in [1.29, 1.82) is 0 Å². The Kier molecular flexibility index (Phi) is 5.37. The molecule has 2 aromatic heterocycles. The maximum atomic E-state index is 12.7. The maximum absolute atomic E-state index is 12.7. The van der Waals surface area contributed by atoms with E-state index >= 15 is 0 Å². The Morgan fingerprint density at radius 1 is 0.903 bits per heavy atom. The fourth-order valence-electron chi connectivity index (χ4n) is 3.55. The topological polar surface area (TPSA) is 64.4 Å². The van der Waals surface area contributed by atoms with Gasteiger partial charge in [-0.3, -0.25) is 14.8 Å². The largest absolute Gasteiger partial charge is 0.488 e. The van der Waals surface area contributed by atoms with Gasteiger partial charge in [0.25, 0.3) is 0 Å². The number of aliphatic imine (C=N–C) groups is 1. The summed E-state index contributed by atoms with van der Waals surface area (Å²) in [5, 5.41) is 2.64. The number of Topliss-reactive ketones (excluding diaryl/α,β-unsaturated/α-hetero) is 1. The molecule has 0 atom stereocenters. The van der Waals surface area contributed by atoms with E-state index in [-0.39, 0.29) is 18.8 Å². The second-order valence-electron chi connectivity index (χ2n) is 7.27. The van der Waals surface area contributed by atoms with Crippen LogP contribution >= 0.6 is 11.3 Å². The molecule has 152 valence electrons. The minimum absolute atomic E-state index is 0.0296. The molecule has 0 amide bonds. The van der Waals surface area contributed by atoms with Crippen LogP contribution in [0.2, 0.25) is 0 Å². The van der Waals surface area contributed by atoms with Crippen molar-refractivity contribution in [3.05, 3.63) is 95.1 Å². The lowest BCUT2D eigenvalue weighted by Crippen LogP contribution is -2.20. The van der Waals surface area contributed by atoms with Crippen LogP contribution in [-0.2, 0) is 6.42 Å². The summed E-state index contributed by atoms with van der Waals surface area (Å²) in [6.45, 7) is 0.259. The Morgan fingerprint density at radius 3 is 2.48 bits per heavy atom. The van der Waals surface area contributed by atoms with Gasteiger partial charge in [-0.15, -0.1) is 11.3 Å². The number of pyridine rings is 1. The molecule has 0 N–H and O–H groups in total. The predicted octanol–water partition coefficient (Wildman–Crippen LogP) is 5.53. The molecule has 0 bridgehead atoms. The van der Waals surface area contributed by atoms with Crippen LogP contribution in [0.25, 0.3) is 10.7 Å². The normalized spacial score (nSPS) is 12.9. The summed E-state index contributed by atoms with van der Waals surface area (Å²) in [6.07, 6.45) is 4.49. The third-order valence-electron chi connectivity index (χ3n) is 5.07. The number of hydrogen-bond acceptors (Lipinski definition) is 6. The number of carbonyl (C=O) groups is 1. The number of aromatic nitrogens is 2. The molecule has 6 heteroatoms. The maximum Gasteiger partial charge on any atom is 0.170 e. The van der Waals surface area contributed by atoms with Crippen molar-refractivity contribution in [3.8, 4) is 16.5 Å². The van der Waals surface area contributed by atoms with E-state index in [1.807, 2.05) is 35.7 Å². The average Bonchev–Trinajstić information content (AvgIpc) is 3.34. The fraction of sp³-hybridized carbons (Fsp3) is 0.120. The van der Waals surface area contributed by atoms with E-state index in [4.69, 9.17) is 9.73 Å². The molecule has 0 spiro atoms. The lowest BCUT2D eigenvalue weighted by molar-refractivity contribution is 0.0998. The predicted molar refractivity (Wildman–Crippen MR) is 123 cm³/mol. The highest BCUT2D eigenvalue weighted by atomic mass is 32.1. The van der Waals surface area contributed by atoms with E-state index < -0.39 is 0 Å². The molecule has 1 aliphatic rings. The number of benzene rings is 2. The molecule has 4 aromatic rings. The van der Waals surface area contributed by atoms with Crippen LogP contribution in [0.5, 0.6) is 5.75 Å². The van der Waals surface area contributed by atoms with Gasteiger partial charge in [-0.25, -0.2) is 4.98 Å². The quantitative estimate of drug-likeness (QED) is 0.407. The first kappa shape index (κ1) is 19.3. The molecule has 31 heavy (non-hydrogen) atoms. The highest BCUT2D eigenvalue weighted by molar-refractivity contribution is 7.13. The Labute approximate surface area is 184 Å². The van der Waals surface area contributed by atoms with Crippen LogP contribution in [0.1, 0.15) is 27.9 Å². The van der Waals surface area contributed by atoms with Crippen molar-refractivity contribution < 1.29 is 9.53 Å². The van der Waals surface area contributed by atoms with Gasteiger partial charge in [0.1, 0.15) is 28.7 Å². The van der Waals surface area contributed by atoms with Gasteiger partial charge in [-0.1, -0.05) is 42.5 Å². The molecule has 2 aromatic carbocycles. The molecule has 0 saturated heterocycles. The van der Waals surface area contributed by atoms with Crippen molar-refractivity contribution in [2.45, 2.75) is 12.8 Å². The van der Waals surface area contributed by atoms with Crippen LogP contribution in [0.3, 0.4) is 0 Å². The molecule has 3 heterocycles. The monoisotopic (exact) mass is 425 g/mol. The number of rotatable bonds is 6. The standard InChI is InChI=1S/C25H19N3O2S/c29-22-15-19(28-23-21(22)10-11-26-24(23)25-27-12-13-31-25)16-30-20-8-6-18(7-9-20)14-17-4-2-1-3-5-17/h1-13H,14-16H2. The highest BCUT2D eigenvalue weighted by Gasteiger charge is 2.24. The van der Waals surface area contributed by atoms with E-state index in [0.717, 1.165) is 17.2 Å². The number of fused-ring (bicyclic) bond motifs is 1. The number of carbonyl (C=O) groups excluding carboxylic acids is 1. The van der Waals surface area contributed by atoms with Crippen molar-refractivity contribution in [2.75, 3.05) is 6.61 Å². The second-order valence-corrected chi connectivity index (χ2v) is 8.16. The summed E-state index contributed by atoms with van der Waals surface area (Å²) in [5.41, 5.74) is 5.01. The zero-order chi connectivity index (χ0) is 21.0. The third-order valence-corrected chi connectivity index (χ3v) is 5.85. The summed E-state index contributed by atoms with van der Waals surface area (Å²) in [4.78, 5) is 26.1. The second kappa shape index (κ2) is 8.62. The first-order valence-electron chi connectivity index (χ1n) is 10.0. The number of thiazole rings is 1. The first-order valence-corrected chi connectivity index (χ1v) is 10.9. The number of ether oxygens (including phenoxy) is 1. The van der Waals surface area contributed by atoms with Gasteiger partial charge < -0.3 is 4.74 Å². The van der Waals surface area contributed by atoms with Crippen molar-refractivity contribution >= 4 is 28.5 Å². The lowest BCUT2D eigenvalue weighted by Gasteiger charge is -2.17. The summed E-state index contributed by atoms with van der Waals surface area (Å²) >= 11 is 1.48. The zero-order valence-electron chi connectivity index (χ0n) is 16.7. The van der Waals surface area contributed by atoms with E-state index in [9.17, 15) is 4.79 Å². The summed E-state index contributed by atoms with van der Waals surface area (Å²) < 4.78 is 5.93. The summed E-state index contributed by atoms with van der Waals surface area (Å²) in [5.74, 6) is 0.783. The summed E-state index contributed by atoms with van der Waals surface area (Å²) in [7, 11) is 0. The van der Waals surface area contributed by atoms with E-state index in [0.29, 0.717) is 22.7 Å². The average molecular weight is 426 g/mol. The number of nitrogens with zero attached hydrogens (tertiary/aromatic N) is 3. The smallest absolute Gasteiger partial charge is 0.170 e. The Hall–Kier alpha value is -3.64. The van der Waals surface area contributed by atoms with Crippen LogP contribution < -0.4 is 4.74 Å². The van der Waals surface area contributed by atoms with Crippen molar-refractivity contribution in [2.24, 2.45) is 4.99 Å². The minimum atomic E-state index is 0.0296. The van der Waals surface area contributed by atoms with Crippen LogP contribution in [0.15, 0.2) is 83.4 Å². The van der Waals surface area contributed by atoms with Crippen molar-refractivity contribution in [3.63, 3.8) is 0 Å². The molecule has 5 nitrogen and oxygen atoms in total. The SMILES string of the molecule is O=C1CC(COc2ccc(Cc3ccccc3)cc2)=Nc2c1ccnc2-c1nccs1. The molecular weight excluding hydrogens is 406 g/mol. The molecular formula is C25H19N3O2S. The zero-order valence-corrected chi connectivity index (χ0v) is 17.5. The summed E-state index contributed by atoms with van der Waals surface area (Å²) in [6, 6.07) is 20.1. The van der Waals surface area contributed by atoms with Crippen LogP contribution in [-0.4, -0.2) is 28.1 Å². The van der Waals surface area contributed by atoms with E-state index in [2.05, 4.69) is 34.2 Å². The molecule has 5 rings (SSSR count). The lowest BCUT2D eigenvalue weighted by atomic mass is 10.00. The van der Waals surface area contributed by atoms with Gasteiger partial charge >= 0.3 is 0 Å². The Bertz CT molecular complexity index is 1230. The Balaban J connectivity index is 1.31. The molecule has 0 unspecified atom stereocenters. The number of hydrogen-bond donors (Lipinski definition) is 0. The fourth-order valence-corrected chi connectivity index (χ4v) is 4.19. The van der Waals surface area contributed by atoms with Crippen LogP contribution in [0, 0.1) is 0 Å². The van der Waals surface area contributed by atoms with Gasteiger partial charge in [0.05, 0.1) is 12.1 Å². The van der Waals surface area contributed by atoms with Gasteiger partial charge in [-0.05, 0) is 35.7 Å². The Morgan fingerprint density at radius 2 is 1.71 bits per heavy atom. The molecule has 0 saturated carbocycles. The van der Waals surface area contributed by atoms with Gasteiger partial charge in [-0.2, -0.15) is 0 Å².